The van der Waals surface area contributed by atoms with E-state index in [1.165, 1.54) is 6.07 Å². The molecule has 0 saturated carbocycles. The van der Waals surface area contributed by atoms with Crippen molar-refractivity contribution in [3.05, 3.63) is 41.2 Å². The molecule has 6 nitrogen and oxygen atoms in total. The summed E-state index contributed by atoms with van der Waals surface area (Å²) in [5.41, 5.74) is 0.597. The minimum absolute atomic E-state index is 0.137. The summed E-state index contributed by atoms with van der Waals surface area (Å²) in [5, 5.41) is 5.20. The molecule has 1 aromatic carbocycles. The van der Waals surface area contributed by atoms with Gasteiger partial charge >= 0.3 is 0 Å². The zero-order valence-electron chi connectivity index (χ0n) is 17.9. The number of rotatable bonds is 6. The van der Waals surface area contributed by atoms with Crippen LogP contribution in [-0.4, -0.2) is 40.6 Å². The lowest BCUT2D eigenvalue weighted by Crippen LogP contribution is -2.54. The number of aromatic nitrogens is 2. The fourth-order valence-electron chi connectivity index (χ4n) is 3.73. The van der Waals surface area contributed by atoms with Crippen molar-refractivity contribution >= 4 is 11.8 Å². The first-order valence-corrected chi connectivity index (χ1v) is 10.3. The number of hydrogen-bond acceptors (Lipinski definition) is 3. The molecule has 1 aliphatic heterocycles. The molecule has 0 bridgehead atoms. The van der Waals surface area contributed by atoms with E-state index in [4.69, 9.17) is 0 Å². The standard InChI is InChI=1S/C22H27F3N4O2/c1-22(2,3)18(21(31)26-10-9-23)28-20(30)17-16-6-4-5-11-29(16)19(27-17)13-7-8-14(24)15(25)12-13/h7-8,12,18H,4-6,9-11H2,1-3H3,(H,26,31)(H,28,30)/t18-/m1/s1. The Bertz CT molecular complexity index is 982. The van der Waals surface area contributed by atoms with Crippen molar-refractivity contribution in [2.24, 2.45) is 5.41 Å². The predicted octanol–water partition coefficient (Wildman–Crippen LogP) is 3.39. The second-order valence-electron chi connectivity index (χ2n) is 8.72. The maximum Gasteiger partial charge on any atom is 0.272 e. The van der Waals surface area contributed by atoms with Gasteiger partial charge in [-0.3, -0.25) is 9.59 Å². The van der Waals surface area contributed by atoms with E-state index >= 15 is 0 Å². The number of carbonyl (C=O) groups excluding carboxylic acids is 2. The third kappa shape index (κ3) is 4.91. The largest absolute Gasteiger partial charge is 0.352 e. The highest BCUT2D eigenvalue weighted by Gasteiger charge is 2.35. The average molecular weight is 436 g/mol. The van der Waals surface area contributed by atoms with E-state index in [-0.39, 0.29) is 12.2 Å². The van der Waals surface area contributed by atoms with Crippen LogP contribution >= 0.6 is 0 Å². The van der Waals surface area contributed by atoms with Gasteiger partial charge in [0.2, 0.25) is 5.91 Å². The highest BCUT2D eigenvalue weighted by Crippen LogP contribution is 2.29. The summed E-state index contributed by atoms with van der Waals surface area (Å²) in [7, 11) is 0. The van der Waals surface area contributed by atoms with Gasteiger partial charge in [-0.25, -0.2) is 18.2 Å². The second-order valence-corrected chi connectivity index (χ2v) is 8.72. The monoisotopic (exact) mass is 436 g/mol. The molecular formula is C22H27F3N4O2. The maximum atomic E-state index is 13.8. The van der Waals surface area contributed by atoms with E-state index in [1.54, 1.807) is 20.8 Å². The van der Waals surface area contributed by atoms with Gasteiger partial charge < -0.3 is 15.2 Å². The van der Waals surface area contributed by atoms with E-state index in [2.05, 4.69) is 15.6 Å². The number of imidazole rings is 1. The lowest BCUT2D eigenvalue weighted by molar-refractivity contribution is -0.125. The van der Waals surface area contributed by atoms with Crippen LogP contribution in [0.1, 0.15) is 49.8 Å². The molecule has 0 unspecified atom stereocenters. The summed E-state index contributed by atoms with van der Waals surface area (Å²) in [5.74, 6) is -2.58. The molecule has 1 atom stereocenters. The van der Waals surface area contributed by atoms with Gasteiger partial charge in [-0.1, -0.05) is 20.8 Å². The molecule has 3 rings (SSSR count). The van der Waals surface area contributed by atoms with Crippen molar-refractivity contribution in [2.45, 2.75) is 52.6 Å². The molecule has 0 saturated heterocycles. The van der Waals surface area contributed by atoms with Crippen molar-refractivity contribution in [3.63, 3.8) is 0 Å². The Morgan fingerprint density at radius 1 is 1.19 bits per heavy atom. The van der Waals surface area contributed by atoms with Crippen LogP contribution in [0.4, 0.5) is 13.2 Å². The van der Waals surface area contributed by atoms with Crippen molar-refractivity contribution in [3.8, 4) is 11.4 Å². The summed E-state index contributed by atoms with van der Waals surface area (Å²) in [6, 6.07) is 2.61. The summed E-state index contributed by atoms with van der Waals surface area (Å²) < 4.78 is 41.5. The second kappa shape index (κ2) is 9.11. The summed E-state index contributed by atoms with van der Waals surface area (Å²) in [6.07, 6.45) is 2.34. The Morgan fingerprint density at radius 2 is 1.94 bits per heavy atom. The SMILES string of the molecule is CC(C)(C)[C@H](NC(=O)c1nc(-c2ccc(F)c(F)c2)n2c1CCCC2)C(=O)NCCF. The smallest absolute Gasteiger partial charge is 0.272 e. The van der Waals surface area contributed by atoms with Gasteiger partial charge in [-0.05, 0) is 42.9 Å². The molecule has 0 aliphatic carbocycles. The van der Waals surface area contributed by atoms with Gasteiger partial charge in [0.15, 0.2) is 11.6 Å². The molecule has 0 fully saturated rings. The fraction of sp³-hybridized carbons (Fsp3) is 0.500. The topological polar surface area (TPSA) is 76.0 Å². The molecule has 9 heteroatoms. The van der Waals surface area contributed by atoms with Crippen molar-refractivity contribution in [1.29, 1.82) is 0 Å². The highest BCUT2D eigenvalue weighted by molar-refractivity contribution is 5.98. The van der Waals surface area contributed by atoms with Crippen molar-refractivity contribution in [2.75, 3.05) is 13.2 Å². The van der Waals surface area contributed by atoms with Crippen LogP contribution in [0.25, 0.3) is 11.4 Å². The van der Waals surface area contributed by atoms with Crippen LogP contribution in [-0.2, 0) is 17.8 Å². The molecule has 1 aromatic heterocycles. The first-order valence-electron chi connectivity index (χ1n) is 10.3. The highest BCUT2D eigenvalue weighted by atomic mass is 19.2. The molecule has 0 radical (unpaired) electrons. The van der Waals surface area contributed by atoms with Crippen molar-refractivity contribution < 1.29 is 22.8 Å². The Balaban J connectivity index is 1.96. The minimum Gasteiger partial charge on any atom is -0.352 e. The number of fused-ring (bicyclic) bond motifs is 1. The van der Waals surface area contributed by atoms with Crippen molar-refractivity contribution in [1.82, 2.24) is 20.2 Å². The van der Waals surface area contributed by atoms with E-state index in [9.17, 15) is 22.8 Å². The molecule has 2 amide bonds. The molecule has 31 heavy (non-hydrogen) atoms. The number of nitrogens with zero attached hydrogens (tertiary/aromatic N) is 2. The van der Waals surface area contributed by atoms with Gasteiger partial charge in [0, 0.05) is 18.7 Å². The maximum absolute atomic E-state index is 13.8. The molecule has 2 heterocycles. The van der Waals surface area contributed by atoms with Crippen LogP contribution in [0, 0.1) is 17.0 Å². The average Bonchev–Trinajstić information content (AvgIpc) is 3.11. The van der Waals surface area contributed by atoms with E-state index < -0.39 is 41.6 Å². The van der Waals surface area contributed by atoms with Gasteiger partial charge in [0.1, 0.15) is 24.2 Å². The van der Waals surface area contributed by atoms with Crippen LogP contribution in [0.2, 0.25) is 0 Å². The quantitative estimate of drug-likeness (QED) is 0.729. The Labute approximate surface area is 179 Å². The third-order valence-electron chi connectivity index (χ3n) is 5.31. The predicted molar refractivity (Wildman–Crippen MR) is 110 cm³/mol. The number of amides is 2. The van der Waals surface area contributed by atoms with Gasteiger partial charge in [-0.15, -0.1) is 0 Å². The molecule has 0 spiro atoms. The normalized spacial score (nSPS) is 14.6. The number of alkyl halides is 1. The molecule has 2 N–H and O–H groups in total. The van der Waals surface area contributed by atoms with E-state index in [0.29, 0.717) is 30.0 Å². The van der Waals surface area contributed by atoms with E-state index in [0.717, 1.165) is 25.0 Å². The van der Waals surface area contributed by atoms with Crippen LogP contribution in [0.15, 0.2) is 18.2 Å². The number of carbonyl (C=O) groups is 2. The van der Waals surface area contributed by atoms with Crippen LogP contribution < -0.4 is 10.6 Å². The van der Waals surface area contributed by atoms with Gasteiger partial charge in [0.25, 0.3) is 5.91 Å². The Hall–Kier alpha value is -2.84. The fourth-order valence-corrected chi connectivity index (χ4v) is 3.73. The number of benzene rings is 1. The lowest BCUT2D eigenvalue weighted by Gasteiger charge is -2.30. The van der Waals surface area contributed by atoms with Crippen LogP contribution in [0.5, 0.6) is 0 Å². The first-order chi connectivity index (χ1) is 14.6. The molecular weight excluding hydrogens is 409 g/mol. The van der Waals surface area contributed by atoms with E-state index in [1.807, 2.05) is 4.57 Å². The zero-order valence-corrected chi connectivity index (χ0v) is 17.9. The van der Waals surface area contributed by atoms with Crippen LogP contribution in [0.3, 0.4) is 0 Å². The Morgan fingerprint density at radius 3 is 2.58 bits per heavy atom. The molecule has 2 aromatic rings. The molecule has 1 aliphatic rings. The minimum atomic E-state index is -0.992. The van der Waals surface area contributed by atoms with Gasteiger partial charge in [0.05, 0.1) is 5.69 Å². The Kier molecular flexibility index (Phi) is 6.71. The number of nitrogens with one attached hydrogen (secondary N) is 2. The summed E-state index contributed by atoms with van der Waals surface area (Å²) in [4.78, 5) is 30.1. The first kappa shape index (κ1) is 22.8. The number of hydrogen-bond donors (Lipinski definition) is 2. The number of halogens is 3. The zero-order chi connectivity index (χ0) is 22.8. The summed E-state index contributed by atoms with van der Waals surface area (Å²) >= 11 is 0. The molecule has 168 valence electrons. The third-order valence-corrected chi connectivity index (χ3v) is 5.31. The summed E-state index contributed by atoms with van der Waals surface area (Å²) in [6.45, 7) is 5.14. The lowest BCUT2D eigenvalue weighted by atomic mass is 9.86. The van der Waals surface area contributed by atoms with Gasteiger partial charge in [-0.2, -0.15) is 0 Å².